The van der Waals surface area contributed by atoms with Gasteiger partial charge in [-0.15, -0.1) is 0 Å². The van der Waals surface area contributed by atoms with Crippen molar-refractivity contribution in [1.82, 2.24) is 4.72 Å². The quantitative estimate of drug-likeness (QED) is 0.757. The maximum atomic E-state index is 12.3. The first-order valence-corrected chi connectivity index (χ1v) is 4.98. The molecule has 0 aliphatic carbocycles. The highest BCUT2D eigenvalue weighted by molar-refractivity contribution is 7.90. The molecule has 0 aromatic heterocycles. The normalized spacial score (nSPS) is 14.4. The third-order valence-corrected chi connectivity index (χ3v) is 2.70. The first kappa shape index (κ1) is 13.6. The maximum absolute atomic E-state index is 12.3. The van der Waals surface area contributed by atoms with Gasteiger partial charge in [0.25, 0.3) is 10.0 Å². The molecule has 9 heteroatoms. The van der Waals surface area contributed by atoms with Gasteiger partial charge in [-0.05, 0) is 6.42 Å². The fraction of sp³-hybridized carbons (Fsp3) is 1.00. The van der Waals surface area contributed by atoms with Crippen molar-refractivity contribution < 1.29 is 30.4 Å². The summed E-state index contributed by atoms with van der Waals surface area (Å²) in [5, 5.41) is -5.75. The smallest absolute Gasteiger partial charge is 0.210 e. The molecule has 0 atom stereocenters. The van der Waals surface area contributed by atoms with Crippen LogP contribution in [0.2, 0.25) is 0 Å². The highest BCUT2D eigenvalue weighted by atomic mass is 32.2. The molecule has 14 heavy (non-hydrogen) atoms. The number of nitrogens with one attached hydrogen (secondary N) is 1. The van der Waals surface area contributed by atoms with Crippen LogP contribution in [0.25, 0.3) is 0 Å². The van der Waals surface area contributed by atoms with Gasteiger partial charge in [0, 0.05) is 6.54 Å². The molecule has 0 aliphatic heterocycles. The van der Waals surface area contributed by atoms with E-state index in [1.165, 1.54) is 6.92 Å². The molecule has 86 valence electrons. The van der Waals surface area contributed by atoms with Crippen LogP contribution in [-0.2, 0) is 10.0 Å². The molecule has 0 heterocycles. The molecular weight excluding hydrogens is 233 g/mol. The van der Waals surface area contributed by atoms with Gasteiger partial charge in [0.15, 0.2) is 0 Å². The lowest BCUT2D eigenvalue weighted by molar-refractivity contribution is -0.241. The van der Waals surface area contributed by atoms with Crippen molar-refractivity contribution in [2.45, 2.75) is 24.8 Å². The van der Waals surface area contributed by atoms with Gasteiger partial charge in [-0.1, -0.05) is 6.92 Å². The summed E-state index contributed by atoms with van der Waals surface area (Å²) in [5.74, 6) is 0. The van der Waals surface area contributed by atoms with Gasteiger partial charge in [0.1, 0.15) is 0 Å². The van der Waals surface area contributed by atoms with E-state index < -0.39 is 28.0 Å². The largest absolute Gasteiger partial charge is 0.470 e. The minimum Gasteiger partial charge on any atom is -0.210 e. The summed E-state index contributed by atoms with van der Waals surface area (Å²) >= 11 is 0. The van der Waals surface area contributed by atoms with E-state index in [0.717, 1.165) is 4.72 Å². The van der Waals surface area contributed by atoms with Gasteiger partial charge >= 0.3 is 11.4 Å². The van der Waals surface area contributed by atoms with Crippen molar-refractivity contribution in [2.24, 2.45) is 0 Å². The van der Waals surface area contributed by atoms with E-state index in [-0.39, 0.29) is 6.42 Å². The number of hydrogen-bond acceptors (Lipinski definition) is 2. The maximum Gasteiger partial charge on any atom is 0.470 e. The predicted octanol–water partition coefficient (Wildman–Crippen LogP) is 1.47. The van der Waals surface area contributed by atoms with Crippen LogP contribution >= 0.6 is 0 Å². The van der Waals surface area contributed by atoms with E-state index in [1.807, 2.05) is 0 Å². The second-order valence-electron chi connectivity index (χ2n) is 2.41. The van der Waals surface area contributed by atoms with Crippen LogP contribution in [0.3, 0.4) is 0 Å². The summed E-state index contributed by atoms with van der Waals surface area (Å²) in [5.41, 5.74) is 0. The summed E-state index contributed by atoms with van der Waals surface area (Å²) < 4.78 is 81.4. The zero-order valence-electron chi connectivity index (χ0n) is 7.03. The molecule has 0 amide bonds. The molecule has 0 aromatic rings. The molecule has 0 fully saturated rings. The summed E-state index contributed by atoms with van der Waals surface area (Å²) in [4.78, 5) is 0. The van der Waals surface area contributed by atoms with Crippen molar-refractivity contribution in [3.05, 3.63) is 0 Å². The standard InChI is InChI=1S/C5H8F5NO2S/c1-2-3-11-14(12,13)5(9,10)4(6,7)8/h11H,2-3H2,1H3. The summed E-state index contributed by atoms with van der Waals surface area (Å²) in [6.45, 7) is 0.961. The molecule has 3 nitrogen and oxygen atoms in total. The average molecular weight is 241 g/mol. The lowest BCUT2D eigenvalue weighted by Gasteiger charge is -2.19. The van der Waals surface area contributed by atoms with Crippen molar-refractivity contribution in [3.8, 4) is 0 Å². The molecule has 0 saturated heterocycles. The Hall–Kier alpha value is -0.440. The Kier molecular flexibility index (Phi) is 3.85. The molecule has 1 N–H and O–H groups in total. The molecule has 0 bridgehead atoms. The topological polar surface area (TPSA) is 46.2 Å². The Balaban J connectivity index is 4.90. The summed E-state index contributed by atoms with van der Waals surface area (Å²) in [6.07, 6.45) is -5.99. The van der Waals surface area contributed by atoms with E-state index in [2.05, 4.69) is 0 Å². The van der Waals surface area contributed by atoms with E-state index >= 15 is 0 Å². The molecule has 0 radical (unpaired) electrons. The van der Waals surface area contributed by atoms with Gasteiger partial charge in [0.05, 0.1) is 0 Å². The molecular formula is C5H8F5NO2S. The van der Waals surface area contributed by atoms with Crippen LogP contribution < -0.4 is 4.72 Å². The Morgan fingerprint density at radius 2 is 1.57 bits per heavy atom. The molecule has 0 unspecified atom stereocenters. The number of halogens is 5. The lowest BCUT2D eigenvalue weighted by atomic mass is 10.5. The number of hydrogen-bond donors (Lipinski definition) is 1. The van der Waals surface area contributed by atoms with Crippen LogP contribution in [0.15, 0.2) is 0 Å². The average Bonchev–Trinajstić information content (AvgIpc) is 1.98. The first-order valence-electron chi connectivity index (χ1n) is 3.50. The van der Waals surface area contributed by atoms with Crippen LogP contribution in [0.4, 0.5) is 22.0 Å². The SMILES string of the molecule is CCCNS(=O)(=O)C(F)(F)C(F)(F)F. The Morgan fingerprint density at radius 1 is 1.14 bits per heavy atom. The fourth-order valence-corrected chi connectivity index (χ4v) is 1.44. The van der Waals surface area contributed by atoms with Gasteiger partial charge in [-0.2, -0.15) is 22.0 Å². The van der Waals surface area contributed by atoms with Crippen LogP contribution in [-0.4, -0.2) is 26.4 Å². The summed E-state index contributed by atoms with van der Waals surface area (Å²) in [7, 11) is -5.69. The monoisotopic (exact) mass is 241 g/mol. The van der Waals surface area contributed by atoms with Crippen molar-refractivity contribution in [2.75, 3.05) is 6.54 Å². The highest BCUT2D eigenvalue weighted by Crippen LogP contribution is 2.39. The van der Waals surface area contributed by atoms with Crippen LogP contribution in [0.5, 0.6) is 0 Å². The third-order valence-electron chi connectivity index (χ3n) is 1.21. The fourth-order valence-electron chi connectivity index (χ4n) is 0.479. The van der Waals surface area contributed by atoms with Gasteiger partial charge in [-0.25, -0.2) is 13.1 Å². The first-order chi connectivity index (χ1) is 6.06. The molecule has 0 aromatic carbocycles. The molecule has 0 rings (SSSR count). The molecule has 0 spiro atoms. The van der Waals surface area contributed by atoms with E-state index in [9.17, 15) is 30.4 Å². The second kappa shape index (κ2) is 3.97. The lowest BCUT2D eigenvalue weighted by Crippen LogP contribution is -2.49. The van der Waals surface area contributed by atoms with E-state index in [0.29, 0.717) is 0 Å². The number of rotatable bonds is 4. The van der Waals surface area contributed by atoms with Gasteiger partial charge in [-0.3, -0.25) is 0 Å². The zero-order valence-corrected chi connectivity index (χ0v) is 7.85. The number of sulfonamides is 1. The van der Waals surface area contributed by atoms with Gasteiger partial charge < -0.3 is 0 Å². The van der Waals surface area contributed by atoms with Crippen molar-refractivity contribution in [3.63, 3.8) is 0 Å². The van der Waals surface area contributed by atoms with Crippen molar-refractivity contribution >= 4 is 10.0 Å². The Bertz CT molecular complexity index is 283. The van der Waals surface area contributed by atoms with Crippen LogP contribution in [0.1, 0.15) is 13.3 Å². The highest BCUT2D eigenvalue weighted by Gasteiger charge is 2.67. The Morgan fingerprint density at radius 3 is 1.86 bits per heavy atom. The third kappa shape index (κ3) is 2.53. The van der Waals surface area contributed by atoms with Gasteiger partial charge in [0.2, 0.25) is 0 Å². The van der Waals surface area contributed by atoms with E-state index in [1.54, 1.807) is 0 Å². The molecule has 0 saturated carbocycles. The Labute approximate surface area is 77.3 Å². The van der Waals surface area contributed by atoms with Crippen LogP contribution in [0, 0.1) is 0 Å². The number of alkyl halides is 5. The van der Waals surface area contributed by atoms with E-state index in [4.69, 9.17) is 0 Å². The minimum absolute atomic E-state index is 0.118. The summed E-state index contributed by atoms with van der Waals surface area (Å²) in [6, 6.07) is 0. The van der Waals surface area contributed by atoms with Crippen molar-refractivity contribution in [1.29, 1.82) is 0 Å². The minimum atomic E-state index is -6.10. The predicted molar refractivity (Wildman–Crippen MR) is 38.2 cm³/mol. The molecule has 0 aliphatic rings. The second-order valence-corrected chi connectivity index (χ2v) is 4.22. The zero-order chi connectivity index (χ0) is 11.6.